The number of nitro groups is 1. The lowest BCUT2D eigenvalue weighted by atomic mass is 10.1. The van der Waals surface area contributed by atoms with Crippen LogP contribution in [0.25, 0.3) is 0 Å². The molecule has 108 valence electrons. The van der Waals surface area contributed by atoms with E-state index in [0.717, 1.165) is 12.1 Å². The van der Waals surface area contributed by atoms with Gasteiger partial charge >= 0.3 is 11.7 Å². The highest BCUT2D eigenvalue weighted by Gasteiger charge is 2.23. The van der Waals surface area contributed by atoms with Crippen molar-refractivity contribution in [3.8, 4) is 11.5 Å². The van der Waals surface area contributed by atoms with Crippen LogP contribution in [0.4, 0.5) is 14.5 Å². The molecule has 0 fully saturated rings. The number of nitrogens with zero attached hydrogens (tertiary/aromatic N) is 1. The Labute approximate surface area is 116 Å². The predicted octanol–water partition coefficient (Wildman–Crippen LogP) is 3.36. The molecule has 6 nitrogen and oxygen atoms in total. The topological polar surface area (TPSA) is 89.7 Å². The molecular weight excluding hydrogens is 288 g/mol. The fourth-order valence-corrected chi connectivity index (χ4v) is 1.59. The van der Waals surface area contributed by atoms with E-state index in [1.807, 2.05) is 0 Å². The molecule has 2 aromatic rings. The molecule has 2 rings (SSSR count). The van der Waals surface area contributed by atoms with Crippen LogP contribution in [0.3, 0.4) is 0 Å². The molecule has 0 saturated carbocycles. The Morgan fingerprint density at radius 3 is 2.52 bits per heavy atom. The van der Waals surface area contributed by atoms with Crippen LogP contribution in [-0.4, -0.2) is 16.0 Å². The third-order valence-corrected chi connectivity index (χ3v) is 2.50. The molecule has 8 heteroatoms. The maximum atomic E-state index is 13.6. The summed E-state index contributed by atoms with van der Waals surface area (Å²) in [5.74, 6) is -4.08. The second-order valence-corrected chi connectivity index (χ2v) is 3.92. The maximum Gasteiger partial charge on any atom is 0.338 e. The summed E-state index contributed by atoms with van der Waals surface area (Å²) in [5.41, 5.74) is -1.59. The minimum Gasteiger partial charge on any atom is -0.478 e. The van der Waals surface area contributed by atoms with E-state index < -0.39 is 39.5 Å². The van der Waals surface area contributed by atoms with E-state index in [9.17, 15) is 23.7 Å². The number of hydrogen-bond acceptors (Lipinski definition) is 4. The van der Waals surface area contributed by atoms with Crippen molar-refractivity contribution >= 4 is 11.7 Å². The molecule has 0 aliphatic heterocycles. The van der Waals surface area contributed by atoms with Gasteiger partial charge in [-0.2, -0.15) is 0 Å². The Balaban J connectivity index is 2.50. The Bertz CT molecular complexity index is 732. The first-order chi connectivity index (χ1) is 9.88. The third-order valence-electron chi connectivity index (χ3n) is 2.50. The normalized spacial score (nSPS) is 10.2. The zero-order chi connectivity index (χ0) is 15.6. The minimum absolute atomic E-state index is 0.0828. The zero-order valence-electron chi connectivity index (χ0n) is 10.2. The molecule has 0 bridgehead atoms. The van der Waals surface area contributed by atoms with Gasteiger partial charge in [0.15, 0.2) is 0 Å². The summed E-state index contributed by atoms with van der Waals surface area (Å²) in [7, 11) is 0. The number of aromatic carboxylic acids is 1. The van der Waals surface area contributed by atoms with Crippen LogP contribution in [0.1, 0.15) is 10.4 Å². The van der Waals surface area contributed by atoms with Gasteiger partial charge in [-0.1, -0.05) is 6.07 Å². The summed E-state index contributed by atoms with van der Waals surface area (Å²) < 4.78 is 31.6. The highest BCUT2D eigenvalue weighted by Crippen LogP contribution is 2.33. The number of benzene rings is 2. The first-order valence-corrected chi connectivity index (χ1v) is 5.53. The molecule has 0 heterocycles. The molecule has 0 unspecified atom stereocenters. The number of ether oxygens (including phenoxy) is 1. The van der Waals surface area contributed by atoms with Gasteiger partial charge in [-0.05, 0) is 12.1 Å². The van der Waals surface area contributed by atoms with Gasteiger partial charge in [0.05, 0.1) is 4.92 Å². The second-order valence-electron chi connectivity index (χ2n) is 3.92. The summed E-state index contributed by atoms with van der Waals surface area (Å²) in [6.07, 6.45) is 0. The van der Waals surface area contributed by atoms with Gasteiger partial charge < -0.3 is 9.84 Å². The fourth-order valence-electron chi connectivity index (χ4n) is 1.59. The summed E-state index contributed by atoms with van der Waals surface area (Å²) in [6.45, 7) is 0. The Hall–Kier alpha value is -3.03. The van der Waals surface area contributed by atoms with Crippen LogP contribution >= 0.6 is 0 Å². The standard InChI is InChI=1S/C13H7F2NO5/c14-7-2-1-3-8(4-7)21-12-6-10(15)9(13(17)18)5-11(12)16(19)20/h1-6H,(H,17,18). The van der Waals surface area contributed by atoms with Crippen molar-refractivity contribution in [2.45, 2.75) is 0 Å². The molecule has 0 aliphatic rings. The van der Waals surface area contributed by atoms with Crippen LogP contribution in [0.2, 0.25) is 0 Å². The van der Waals surface area contributed by atoms with Crippen molar-refractivity contribution in [2.75, 3.05) is 0 Å². The van der Waals surface area contributed by atoms with Gasteiger partial charge in [0.1, 0.15) is 22.9 Å². The van der Waals surface area contributed by atoms with Gasteiger partial charge in [-0.15, -0.1) is 0 Å². The smallest absolute Gasteiger partial charge is 0.338 e. The van der Waals surface area contributed by atoms with E-state index in [2.05, 4.69) is 0 Å². The monoisotopic (exact) mass is 295 g/mol. The Morgan fingerprint density at radius 1 is 1.24 bits per heavy atom. The number of nitro benzene ring substituents is 1. The lowest BCUT2D eigenvalue weighted by Gasteiger charge is -2.07. The highest BCUT2D eigenvalue weighted by molar-refractivity contribution is 5.89. The molecule has 0 radical (unpaired) electrons. The molecule has 0 amide bonds. The fraction of sp³-hybridized carbons (Fsp3) is 0. The highest BCUT2D eigenvalue weighted by atomic mass is 19.1. The lowest BCUT2D eigenvalue weighted by Crippen LogP contribution is -2.03. The number of rotatable bonds is 4. The van der Waals surface area contributed by atoms with E-state index in [4.69, 9.17) is 9.84 Å². The van der Waals surface area contributed by atoms with E-state index >= 15 is 0 Å². The summed E-state index contributed by atoms with van der Waals surface area (Å²) in [6, 6.07) is 5.83. The van der Waals surface area contributed by atoms with Crippen LogP contribution in [0.15, 0.2) is 36.4 Å². The van der Waals surface area contributed by atoms with E-state index in [0.29, 0.717) is 12.1 Å². The van der Waals surface area contributed by atoms with Gasteiger partial charge in [0, 0.05) is 18.2 Å². The maximum absolute atomic E-state index is 13.6. The first kappa shape index (κ1) is 14.4. The molecule has 0 spiro atoms. The van der Waals surface area contributed by atoms with Crippen LogP contribution in [0.5, 0.6) is 11.5 Å². The minimum atomic E-state index is -1.65. The average Bonchev–Trinajstić information content (AvgIpc) is 2.37. The molecule has 1 N–H and O–H groups in total. The number of carboxylic acid groups (broad SMARTS) is 1. The van der Waals surface area contributed by atoms with Crippen molar-refractivity contribution in [1.29, 1.82) is 0 Å². The largest absolute Gasteiger partial charge is 0.478 e. The van der Waals surface area contributed by atoms with Gasteiger partial charge in [-0.25, -0.2) is 13.6 Å². The van der Waals surface area contributed by atoms with Crippen molar-refractivity contribution in [3.63, 3.8) is 0 Å². The van der Waals surface area contributed by atoms with E-state index in [1.54, 1.807) is 0 Å². The van der Waals surface area contributed by atoms with Gasteiger partial charge in [-0.3, -0.25) is 10.1 Å². The SMILES string of the molecule is O=C(O)c1cc([N+](=O)[O-])c(Oc2cccc(F)c2)cc1F. The summed E-state index contributed by atoms with van der Waals surface area (Å²) >= 11 is 0. The Morgan fingerprint density at radius 2 is 1.95 bits per heavy atom. The molecule has 0 saturated heterocycles. The summed E-state index contributed by atoms with van der Waals surface area (Å²) in [4.78, 5) is 20.7. The number of carboxylic acids is 1. The molecule has 0 aliphatic carbocycles. The molecule has 0 atom stereocenters. The molecule has 2 aromatic carbocycles. The van der Waals surface area contributed by atoms with E-state index in [-0.39, 0.29) is 5.75 Å². The van der Waals surface area contributed by atoms with Crippen molar-refractivity contribution in [2.24, 2.45) is 0 Å². The summed E-state index contributed by atoms with van der Waals surface area (Å²) in [5, 5.41) is 19.6. The van der Waals surface area contributed by atoms with E-state index in [1.165, 1.54) is 12.1 Å². The molecule has 21 heavy (non-hydrogen) atoms. The second kappa shape index (κ2) is 5.53. The lowest BCUT2D eigenvalue weighted by molar-refractivity contribution is -0.385. The van der Waals surface area contributed by atoms with Gasteiger partial charge in [0.2, 0.25) is 5.75 Å². The van der Waals surface area contributed by atoms with Gasteiger partial charge in [0.25, 0.3) is 0 Å². The van der Waals surface area contributed by atoms with Crippen LogP contribution < -0.4 is 4.74 Å². The predicted molar refractivity (Wildman–Crippen MR) is 66.5 cm³/mol. The van der Waals surface area contributed by atoms with Crippen molar-refractivity contribution in [3.05, 3.63) is 63.7 Å². The number of halogens is 2. The van der Waals surface area contributed by atoms with Crippen LogP contribution in [-0.2, 0) is 0 Å². The van der Waals surface area contributed by atoms with Crippen LogP contribution in [0, 0.1) is 21.7 Å². The molecular formula is C13H7F2NO5. The van der Waals surface area contributed by atoms with Crippen molar-refractivity contribution < 1.29 is 28.3 Å². The zero-order valence-corrected chi connectivity index (χ0v) is 10.2. The van der Waals surface area contributed by atoms with Crippen molar-refractivity contribution in [1.82, 2.24) is 0 Å². The average molecular weight is 295 g/mol. The quantitative estimate of drug-likeness (QED) is 0.690. The first-order valence-electron chi connectivity index (χ1n) is 5.53. The Kier molecular flexibility index (Phi) is 3.79. The molecule has 0 aromatic heterocycles. The number of carbonyl (C=O) groups is 1. The third kappa shape index (κ3) is 3.11. The number of hydrogen-bond donors (Lipinski definition) is 1.